The quantitative estimate of drug-likeness (QED) is 0.363. The summed E-state index contributed by atoms with van der Waals surface area (Å²) < 4.78 is 0. The number of aliphatic hydroxyl groups excluding tert-OH is 2. The number of aliphatic hydroxyl groups is 2. The molecular weight excluding hydrogens is 316 g/mol. The van der Waals surface area contributed by atoms with Crippen molar-refractivity contribution in [2.24, 2.45) is 11.8 Å². The topological polar surface area (TPSA) is 77.8 Å². The van der Waals surface area contributed by atoms with Crippen molar-refractivity contribution >= 4 is 5.97 Å². The molecule has 4 heteroatoms. The lowest BCUT2D eigenvalue weighted by molar-refractivity contribution is -0.137. The highest BCUT2D eigenvalue weighted by Crippen LogP contribution is 2.39. The first-order valence-corrected chi connectivity index (χ1v) is 9.54. The summed E-state index contributed by atoms with van der Waals surface area (Å²) in [7, 11) is 0. The number of unbranched alkanes of at least 4 members (excludes halogenated alkanes) is 3. The zero-order chi connectivity index (χ0) is 18.7. The summed E-state index contributed by atoms with van der Waals surface area (Å²) in [4.78, 5) is 10.5. The van der Waals surface area contributed by atoms with E-state index in [-0.39, 0.29) is 18.3 Å². The Morgan fingerprint density at radius 3 is 2.76 bits per heavy atom. The fraction of sp³-hybridized carbons (Fsp3) is 0.667. The van der Waals surface area contributed by atoms with Crippen molar-refractivity contribution in [2.45, 2.75) is 76.9 Å². The molecule has 1 aliphatic carbocycles. The molecule has 1 aliphatic rings. The smallest absolute Gasteiger partial charge is 0.303 e. The molecule has 0 aliphatic heterocycles. The molecule has 0 aromatic rings. The van der Waals surface area contributed by atoms with Gasteiger partial charge in [-0.2, -0.15) is 0 Å². The lowest BCUT2D eigenvalue weighted by atomic mass is 9.89. The van der Waals surface area contributed by atoms with E-state index >= 15 is 0 Å². The van der Waals surface area contributed by atoms with Gasteiger partial charge in [-0.25, -0.2) is 0 Å². The molecule has 1 fully saturated rings. The molecule has 0 amide bonds. The Morgan fingerprint density at radius 2 is 2.08 bits per heavy atom. The molecule has 0 spiro atoms. The molecule has 0 bridgehead atoms. The summed E-state index contributed by atoms with van der Waals surface area (Å²) in [6.07, 6.45) is 14.0. The molecule has 142 valence electrons. The zero-order valence-corrected chi connectivity index (χ0v) is 15.4. The molecule has 25 heavy (non-hydrogen) atoms. The van der Waals surface area contributed by atoms with Crippen molar-refractivity contribution in [1.29, 1.82) is 0 Å². The molecule has 0 aromatic carbocycles. The second kappa shape index (κ2) is 12.0. The fourth-order valence-electron chi connectivity index (χ4n) is 3.37. The predicted octanol–water partition coefficient (Wildman–Crippen LogP) is 4.24. The lowest BCUT2D eigenvalue weighted by Gasteiger charge is -2.18. The monoisotopic (exact) mass is 350 g/mol. The molecule has 0 heterocycles. The minimum Gasteiger partial charge on any atom is -0.481 e. The van der Waals surface area contributed by atoms with Crippen LogP contribution in [0.5, 0.6) is 0 Å². The van der Waals surface area contributed by atoms with E-state index in [1.165, 1.54) is 0 Å². The van der Waals surface area contributed by atoms with E-state index in [4.69, 9.17) is 5.11 Å². The molecule has 1 saturated carbocycles. The number of carbonyl (C=O) groups is 1. The number of rotatable bonds is 12. The normalized spacial score (nSPS) is 25.2. The van der Waals surface area contributed by atoms with Gasteiger partial charge < -0.3 is 15.3 Å². The summed E-state index contributed by atoms with van der Waals surface area (Å²) >= 11 is 0. The molecule has 0 unspecified atom stereocenters. The fourth-order valence-corrected chi connectivity index (χ4v) is 3.37. The first-order valence-electron chi connectivity index (χ1n) is 9.54. The third kappa shape index (κ3) is 8.50. The van der Waals surface area contributed by atoms with Gasteiger partial charge in [-0.05, 0) is 38.0 Å². The van der Waals surface area contributed by atoms with E-state index in [2.05, 4.69) is 19.6 Å². The summed E-state index contributed by atoms with van der Waals surface area (Å²) in [5, 5.41) is 28.9. The van der Waals surface area contributed by atoms with E-state index < -0.39 is 18.2 Å². The third-order valence-electron chi connectivity index (χ3n) is 4.88. The molecule has 3 N–H and O–H groups in total. The summed E-state index contributed by atoms with van der Waals surface area (Å²) in [5.74, 6) is -0.579. The standard InChI is InChI=1S/C21H34O4/c1-3-4-7-10-17(22)13-14-19-18(16(2)15-20(19)23)11-8-5-6-9-12-21(24)25/h5,8,13-14,17-20,22-23H,2-4,6-7,9-12,15H2,1H3,(H,24,25)/b8-5-,14-13+/t17-,18-,19+,20+/m0/s1. The number of hydrogen-bond acceptors (Lipinski definition) is 3. The van der Waals surface area contributed by atoms with Crippen LogP contribution in [0.15, 0.2) is 36.5 Å². The van der Waals surface area contributed by atoms with E-state index in [1.807, 2.05) is 18.2 Å². The van der Waals surface area contributed by atoms with Gasteiger partial charge in [0, 0.05) is 12.3 Å². The van der Waals surface area contributed by atoms with Gasteiger partial charge in [-0.1, -0.05) is 62.6 Å². The summed E-state index contributed by atoms with van der Waals surface area (Å²) in [5.41, 5.74) is 1.05. The third-order valence-corrected chi connectivity index (χ3v) is 4.88. The van der Waals surface area contributed by atoms with Crippen LogP contribution in [0.2, 0.25) is 0 Å². The van der Waals surface area contributed by atoms with Crippen LogP contribution in [0.1, 0.15) is 64.7 Å². The van der Waals surface area contributed by atoms with Gasteiger partial charge in [0.25, 0.3) is 0 Å². The van der Waals surface area contributed by atoms with Crippen LogP contribution in [-0.4, -0.2) is 33.5 Å². The molecule has 0 saturated heterocycles. The minimum atomic E-state index is -0.761. The lowest BCUT2D eigenvalue weighted by Crippen LogP contribution is -2.17. The van der Waals surface area contributed by atoms with Crippen LogP contribution < -0.4 is 0 Å². The number of carboxylic acid groups (broad SMARTS) is 1. The molecule has 0 aromatic heterocycles. The van der Waals surface area contributed by atoms with Crippen molar-refractivity contribution in [3.63, 3.8) is 0 Å². The largest absolute Gasteiger partial charge is 0.481 e. The van der Waals surface area contributed by atoms with Gasteiger partial charge in [-0.15, -0.1) is 0 Å². The van der Waals surface area contributed by atoms with Gasteiger partial charge in [0.15, 0.2) is 0 Å². The van der Waals surface area contributed by atoms with E-state index in [0.717, 1.165) is 44.1 Å². The Morgan fingerprint density at radius 1 is 1.32 bits per heavy atom. The minimum absolute atomic E-state index is 0.00278. The highest BCUT2D eigenvalue weighted by molar-refractivity contribution is 5.66. The highest BCUT2D eigenvalue weighted by atomic mass is 16.4. The van der Waals surface area contributed by atoms with Crippen LogP contribution in [0.25, 0.3) is 0 Å². The van der Waals surface area contributed by atoms with Crippen LogP contribution in [0, 0.1) is 11.8 Å². The van der Waals surface area contributed by atoms with Crippen LogP contribution in [0.4, 0.5) is 0 Å². The first-order chi connectivity index (χ1) is 12.0. The van der Waals surface area contributed by atoms with Crippen molar-refractivity contribution in [3.05, 3.63) is 36.5 Å². The number of allylic oxidation sites excluding steroid dienone is 2. The molecular formula is C21H34O4. The average molecular weight is 350 g/mol. The maximum absolute atomic E-state index is 10.5. The second-order valence-electron chi connectivity index (χ2n) is 7.05. The van der Waals surface area contributed by atoms with Crippen LogP contribution in [-0.2, 0) is 4.79 Å². The van der Waals surface area contributed by atoms with Crippen molar-refractivity contribution in [1.82, 2.24) is 0 Å². The Bertz CT molecular complexity index is 467. The number of aliphatic carboxylic acids is 1. The predicted molar refractivity (Wildman–Crippen MR) is 101 cm³/mol. The molecule has 4 atom stereocenters. The maximum atomic E-state index is 10.5. The van der Waals surface area contributed by atoms with Gasteiger partial charge >= 0.3 is 5.97 Å². The number of carboxylic acids is 1. The summed E-state index contributed by atoms with van der Waals surface area (Å²) in [6, 6.07) is 0. The molecule has 0 radical (unpaired) electrons. The Kier molecular flexibility index (Phi) is 10.4. The van der Waals surface area contributed by atoms with E-state index in [9.17, 15) is 15.0 Å². The van der Waals surface area contributed by atoms with Crippen molar-refractivity contribution in [2.75, 3.05) is 0 Å². The first kappa shape index (κ1) is 21.7. The van der Waals surface area contributed by atoms with Gasteiger partial charge in [0.05, 0.1) is 12.2 Å². The SMILES string of the molecule is C=C1C[C@@H](O)[C@H](/C=C/[C@@H](O)CCCCC)[C@H]1C/C=C\CCCC(=O)O. The van der Waals surface area contributed by atoms with Gasteiger partial charge in [0.1, 0.15) is 0 Å². The van der Waals surface area contributed by atoms with E-state index in [0.29, 0.717) is 12.8 Å². The summed E-state index contributed by atoms with van der Waals surface area (Å²) in [6.45, 7) is 6.24. The van der Waals surface area contributed by atoms with Crippen molar-refractivity contribution in [3.8, 4) is 0 Å². The van der Waals surface area contributed by atoms with Crippen LogP contribution in [0.3, 0.4) is 0 Å². The van der Waals surface area contributed by atoms with Gasteiger partial charge in [0.2, 0.25) is 0 Å². The Labute approximate surface area is 152 Å². The second-order valence-corrected chi connectivity index (χ2v) is 7.05. The van der Waals surface area contributed by atoms with E-state index in [1.54, 1.807) is 0 Å². The Balaban J connectivity index is 2.48. The van der Waals surface area contributed by atoms with Crippen LogP contribution >= 0.6 is 0 Å². The molecule has 1 rings (SSSR count). The van der Waals surface area contributed by atoms with Gasteiger partial charge in [-0.3, -0.25) is 4.79 Å². The zero-order valence-electron chi connectivity index (χ0n) is 15.4. The maximum Gasteiger partial charge on any atom is 0.303 e. The van der Waals surface area contributed by atoms with Crippen molar-refractivity contribution < 1.29 is 20.1 Å². The highest BCUT2D eigenvalue weighted by Gasteiger charge is 2.35. The Hall–Kier alpha value is -1.39. The molecule has 4 nitrogen and oxygen atoms in total. The number of hydrogen-bond donors (Lipinski definition) is 3. The average Bonchev–Trinajstić information content (AvgIpc) is 2.82.